The highest BCUT2D eigenvalue weighted by molar-refractivity contribution is 5.34. The van der Waals surface area contributed by atoms with Crippen molar-refractivity contribution in [2.24, 2.45) is 11.8 Å². The van der Waals surface area contributed by atoms with Crippen LogP contribution in [-0.4, -0.2) is 6.61 Å². The lowest BCUT2D eigenvalue weighted by Crippen LogP contribution is -2.19. The Kier molecular flexibility index (Phi) is 4.20. The molecule has 1 aliphatic rings. The summed E-state index contributed by atoms with van der Waals surface area (Å²) in [6.07, 6.45) is 4.66. The third-order valence-electron chi connectivity index (χ3n) is 3.85. The number of ether oxygens (including phenoxy) is 1. The van der Waals surface area contributed by atoms with Crippen LogP contribution >= 0.6 is 0 Å². The van der Waals surface area contributed by atoms with E-state index < -0.39 is 11.6 Å². The molecule has 1 aliphatic carbocycles. The summed E-state index contributed by atoms with van der Waals surface area (Å²) in [6.45, 7) is 4.49. The molecule has 1 saturated carbocycles. The van der Waals surface area contributed by atoms with Crippen molar-refractivity contribution < 1.29 is 13.5 Å². The van der Waals surface area contributed by atoms with Gasteiger partial charge in [-0.1, -0.05) is 25.8 Å². The highest BCUT2D eigenvalue weighted by Gasteiger charge is 2.20. The average Bonchev–Trinajstić information content (AvgIpc) is 2.36. The van der Waals surface area contributed by atoms with E-state index in [0.717, 1.165) is 24.8 Å². The van der Waals surface area contributed by atoms with E-state index in [-0.39, 0.29) is 5.75 Å². The summed E-state index contributed by atoms with van der Waals surface area (Å²) in [5.74, 6) is -0.363. The Bertz CT molecular complexity index is 409. The van der Waals surface area contributed by atoms with Gasteiger partial charge in [-0.15, -0.1) is 0 Å². The Labute approximate surface area is 107 Å². The van der Waals surface area contributed by atoms with Crippen molar-refractivity contribution in [1.29, 1.82) is 0 Å². The van der Waals surface area contributed by atoms with Crippen molar-refractivity contribution in [3.8, 4) is 5.75 Å². The van der Waals surface area contributed by atoms with Crippen molar-refractivity contribution in [1.82, 2.24) is 0 Å². The molecule has 3 heteroatoms. The fourth-order valence-corrected chi connectivity index (χ4v) is 2.50. The van der Waals surface area contributed by atoms with Gasteiger partial charge in [-0.3, -0.25) is 0 Å². The summed E-state index contributed by atoms with van der Waals surface area (Å²) in [5, 5.41) is 0. The van der Waals surface area contributed by atoms with Crippen LogP contribution in [0.5, 0.6) is 5.75 Å². The van der Waals surface area contributed by atoms with Gasteiger partial charge in [0.25, 0.3) is 0 Å². The zero-order valence-corrected chi connectivity index (χ0v) is 11.0. The van der Waals surface area contributed by atoms with Crippen LogP contribution in [0.2, 0.25) is 0 Å². The van der Waals surface area contributed by atoms with Crippen molar-refractivity contribution >= 4 is 0 Å². The number of hydrogen-bond donors (Lipinski definition) is 0. The van der Waals surface area contributed by atoms with Gasteiger partial charge in [0.15, 0.2) is 11.6 Å². The molecule has 0 heterocycles. The Morgan fingerprint density at radius 2 is 1.83 bits per heavy atom. The highest BCUT2D eigenvalue weighted by Crippen LogP contribution is 2.30. The van der Waals surface area contributed by atoms with Gasteiger partial charge < -0.3 is 4.74 Å². The first-order chi connectivity index (χ1) is 8.58. The largest absolute Gasteiger partial charge is 0.490 e. The third-order valence-corrected chi connectivity index (χ3v) is 3.85. The molecular weight excluding hydrogens is 234 g/mol. The fraction of sp³-hybridized carbons (Fsp3) is 0.600. The topological polar surface area (TPSA) is 9.23 Å². The van der Waals surface area contributed by atoms with Crippen LogP contribution in [0.25, 0.3) is 0 Å². The van der Waals surface area contributed by atoms with E-state index in [4.69, 9.17) is 4.74 Å². The molecule has 0 aliphatic heterocycles. The minimum atomic E-state index is -0.862. The molecule has 0 bridgehead atoms. The second kappa shape index (κ2) is 5.68. The monoisotopic (exact) mass is 254 g/mol. The van der Waals surface area contributed by atoms with Crippen LogP contribution in [0, 0.1) is 30.4 Å². The Morgan fingerprint density at radius 1 is 1.17 bits per heavy atom. The van der Waals surface area contributed by atoms with E-state index in [0.29, 0.717) is 18.1 Å². The summed E-state index contributed by atoms with van der Waals surface area (Å²) >= 11 is 0. The first-order valence-electron chi connectivity index (χ1n) is 6.65. The van der Waals surface area contributed by atoms with Crippen LogP contribution < -0.4 is 4.74 Å². The fourth-order valence-electron chi connectivity index (χ4n) is 2.50. The van der Waals surface area contributed by atoms with E-state index in [1.54, 1.807) is 13.0 Å². The van der Waals surface area contributed by atoms with Crippen LogP contribution in [0.3, 0.4) is 0 Å². The Balaban J connectivity index is 1.96. The smallest absolute Gasteiger partial charge is 0.200 e. The van der Waals surface area contributed by atoms with Crippen molar-refractivity contribution in [3.63, 3.8) is 0 Å². The first-order valence-corrected chi connectivity index (χ1v) is 6.65. The zero-order chi connectivity index (χ0) is 13.1. The molecule has 0 radical (unpaired) electrons. The van der Waals surface area contributed by atoms with Gasteiger partial charge in [0, 0.05) is 0 Å². The predicted molar refractivity (Wildman–Crippen MR) is 67.7 cm³/mol. The number of aryl methyl sites for hydroxylation is 1. The summed E-state index contributed by atoms with van der Waals surface area (Å²) in [4.78, 5) is 0. The molecule has 0 unspecified atom stereocenters. The minimum Gasteiger partial charge on any atom is -0.490 e. The van der Waals surface area contributed by atoms with Crippen LogP contribution in [0.15, 0.2) is 12.1 Å². The molecule has 0 aromatic heterocycles. The van der Waals surface area contributed by atoms with Crippen molar-refractivity contribution in [2.75, 3.05) is 6.61 Å². The standard InChI is InChI=1S/C15H20F2O/c1-10-3-6-12(7-4-10)9-18-15-11(2)5-8-13(16)14(15)17/h5,8,10,12H,3-4,6-7,9H2,1-2H3. The average molecular weight is 254 g/mol. The first kappa shape index (κ1) is 13.3. The highest BCUT2D eigenvalue weighted by atomic mass is 19.2. The Hall–Kier alpha value is -1.12. The third kappa shape index (κ3) is 3.01. The minimum absolute atomic E-state index is 0.0774. The van der Waals surface area contributed by atoms with Crippen molar-refractivity contribution in [2.45, 2.75) is 39.5 Å². The van der Waals surface area contributed by atoms with Gasteiger partial charge in [-0.05, 0) is 43.2 Å². The molecule has 18 heavy (non-hydrogen) atoms. The maximum atomic E-state index is 13.6. The molecule has 0 amide bonds. The van der Waals surface area contributed by atoms with Crippen LogP contribution in [0.4, 0.5) is 8.78 Å². The number of benzene rings is 1. The normalized spacial score (nSPS) is 24.0. The second-order valence-corrected chi connectivity index (χ2v) is 5.44. The summed E-state index contributed by atoms with van der Waals surface area (Å²) < 4.78 is 32.2. The SMILES string of the molecule is Cc1ccc(F)c(F)c1OCC1CCC(C)CC1. The number of halogens is 2. The van der Waals surface area contributed by atoms with Gasteiger partial charge in [0.1, 0.15) is 0 Å². The van der Waals surface area contributed by atoms with E-state index in [1.165, 1.54) is 12.8 Å². The molecule has 2 rings (SSSR count). The van der Waals surface area contributed by atoms with Gasteiger partial charge >= 0.3 is 0 Å². The Morgan fingerprint density at radius 3 is 2.50 bits per heavy atom. The summed E-state index contributed by atoms with van der Waals surface area (Å²) in [5.41, 5.74) is 0.651. The summed E-state index contributed by atoms with van der Waals surface area (Å²) in [6, 6.07) is 2.69. The van der Waals surface area contributed by atoms with Crippen LogP contribution in [0.1, 0.15) is 38.2 Å². The van der Waals surface area contributed by atoms with E-state index in [1.807, 2.05) is 0 Å². The molecule has 1 fully saturated rings. The van der Waals surface area contributed by atoms with Gasteiger partial charge in [-0.2, -0.15) is 4.39 Å². The molecule has 100 valence electrons. The van der Waals surface area contributed by atoms with Gasteiger partial charge in [0.05, 0.1) is 6.61 Å². The maximum Gasteiger partial charge on any atom is 0.200 e. The molecular formula is C15H20F2O. The number of hydrogen-bond acceptors (Lipinski definition) is 1. The number of rotatable bonds is 3. The zero-order valence-electron chi connectivity index (χ0n) is 11.0. The second-order valence-electron chi connectivity index (χ2n) is 5.44. The maximum absolute atomic E-state index is 13.6. The predicted octanol–water partition coefficient (Wildman–Crippen LogP) is 4.48. The van der Waals surface area contributed by atoms with E-state index in [9.17, 15) is 8.78 Å². The lowest BCUT2D eigenvalue weighted by Gasteiger charge is -2.26. The van der Waals surface area contributed by atoms with Gasteiger partial charge in [0.2, 0.25) is 5.82 Å². The van der Waals surface area contributed by atoms with E-state index in [2.05, 4.69) is 6.92 Å². The molecule has 0 atom stereocenters. The lowest BCUT2D eigenvalue weighted by molar-refractivity contribution is 0.181. The lowest BCUT2D eigenvalue weighted by atomic mass is 9.83. The summed E-state index contributed by atoms with van der Waals surface area (Å²) in [7, 11) is 0. The quantitative estimate of drug-likeness (QED) is 0.772. The van der Waals surface area contributed by atoms with Crippen LogP contribution in [-0.2, 0) is 0 Å². The molecule has 1 aromatic carbocycles. The molecule has 0 saturated heterocycles. The molecule has 1 aromatic rings. The van der Waals surface area contributed by atoms with E-state index >= 15 is 0 Å². The van der Waals surface area contributed by atoms with Crippen molar-refractivity contribution in [3.05, 3.63) is 29.3 Å². The molecule has 1 nitrogen and oxygen atoms in total. The van der Waals surface area contributed by atoms with Gasteiger partial charge in [-0.25, -0.2) is 4.39 Å². The molecule has 0 spiro atoms. The molecule has 0 N–H and O–H groups in total.